The van der Waals surface area contributed by atoms with Gasteiger partial charge in [-0.1, -0.05) is 31.2 Å². The molecule has 0 aliphatic carbocycles. The molecule has 2 aliphatic rings. The van der Waals surface area contributed by atoms with E-state index in [2.05, 4.69) is 41.4 Å². The number of morpholine rings is 1. The summed E-state index contributed by atoms with van der Waals surface area (Å²) in [7, 11) is 0. The molecule has 1 aromatic carbocycles. The highest BCUT2D eigenvalue weighted by Crippen LogP contribution is 2.27. The lowest BCUT2D eigenvalue weighted by Gasteiger charge is -2.32. The highest BCUT2D eigenvalue weighted by atomic mass is 16.5. The summed E-state index contributed by atoms with van der Waals surface area (Å²) in [6, 6.07) is 8.84. The van der Waals surface area contributed by atoms with Crippen LogP contribution in [-0.4, -0.2) is 36.7 Å². The third kappa shape index (κ3) is 3.40. The predicted octanol–water partition coefficient (Wildman–Crippen LogP) is 2.55. The van der Waals surface area contributed by atoms with Crippen molar-refractivity contribution in [2.24, 2.45) is 0 Å². The molecule has 1 aromatic rings. The van der Waals surface area contributed by atoms with E-state index in [0.717, 1.165) is 32.7 Å². The fourth-order valence-corrected chi connectivity index (χ4v) is 3.35. The minimum atomic E-state index is 0.485. The number of ether oxygens (including phenoxy) is 1. The molecule has 2 aliphatic heterocycles. The van der Waals surface area contributed by atoms with Crippen LogP contribution in [0.2, 0.25) is 0 Å². The van der Waals surface area contributed by atoms with Gasteiger partial charge in [0.25, 0.3) is 0 Å². The zero-order valence-electron chi connectivity index (χ0n) is 12.5. The fraction of sp³-hybridized carbons (Fsp3) is 0.647. The smallest absolute Gasteiger partial charge is 0.0707 e. The molecular formula is C17H26N2O. The van der Waals surface area contributed by atoms with E-state index in [-0.39, 0.29) is 0 Å². The summed E-state index contributed by atoms with van der Waals surface area (Å²) >= 11 is 0. The molecular weight excluding hydrogens is 248 g/mol. The maximum Gasteiger partial charge on any atom is 0.0707 e. The second-order valence-corrected chi connectivity index (χ2v) is 6.10. The van der Waals surface area contributed by atoms with Gasteiger partial charge in [0.15, 0.2) is 0 Å². The Morgan fingerprint density at radius 3 is 2.55 bits per heavy atom. The molecule has 0 amide bonds. The first-order chi connectivity index (χ1) is 9.85. The van der Waals surface area contributed by atoms with Crippen LogP contribution in [0.3, 0.4) is 0 Å². The van der Waals surface area contributed by atoms with Crippen molar-refractivity contribution in [2.45, 2.75) is 51.5 Å². The van der Waals surface area contributed by atoms with E-state index in [1.54, 1.807) is 0 Å². The molecule has 2 bridgehead atoms. The van der Waals surface area contributed by atoms with Gasteiger partial charge >= 0.3 is 0 Å². The van der Waals surface area contributed by atoms with E-state index in [9.17, 15) is 0 Å². The Hall–Kier alpha value is -0.900. The Kier molecular flexibility index (Phi) is 4.71. The number of nitrogens with zero attached hydrogens (tertiary/aromatic N) is 1. The number of hydrogen-bond donors (Lipinski definition) is 1. The first-order valence-corrected chi connectivity index (χ1v) is 8.00. The lowest BCUT2D eigenvalue weighted by molar-refractivity contribution is -0.0411. The van der Waals surface area contributed by atoms with Crippen molar-refractivity contribution in [3.05, 3.63) is 35.4 Å². The molecule has 0 saturated carbocycles. The topological polar surface area (TPSA) is 24.5 Å². The van der Waals surface area contributed by atoms with Gasteiger partial charge in [-0.15, -0.1) is 0 Å². The Bertz CT molecular complexity index is 423. The van der Waals surface area contributed by atoms with Gasteiger partial charge in [0.05, 0.1) is 12.2 Å². The number of likely N-dealkylation sites (tertiary alicyclic amines) is 1. The van der Waals surface area contributed by atoms with Crippen LogP contribution in [0.1, 0.15) is 37.3 Å². The number of fused-ring (bicyclic) bond motifs is 2. The van der Waals surface area contributed by atoms with Gasteiger partial charge in [0, 0.05) is 26.2 Å². The van der Waals surface area contributed by atoms with Gasteiger partial charge in [0.1, 0.15) is 0 Å². The normalized spacial score (nSPS) is 26.1. The molecule has 110 valence electrons. The third-order valence-electron chi connectivity index (χ3n) is 4.37. The highest BCUT2D eigenvalue weighted by Gasteiger charge is 2.33. The van der Waals surface area contributed by atoms with E-state index >= 15 is 0 Å². The molecule has 2 fully saturated rings. The molecule has 0 spiro atoms. The quantitative estimate of drug-likeness (QED) is 0.807. The maximum atomic E-state index is 5.92. The van der Waals surface area contributed by atoms with E-state index < -0.39 is 0 Å². The highest BCUT2D eigenvalue weighted by molar-refractivity contribution is 5.27. The van der Waals surface area contributed by atoms with Crippen molar-refractivity contribution in [1.29, 1.82) is 0 Å². The molecule has 2 unspecified atom stereocenters. The summed E-state index contributed by atoms with van der Waals surface area (Å²) < 4.78 is 5.92. The van der Waals surface area contributed by atoms with Gasteiger partial charge in [-0.2, -0.15) is 0 Å². The van der Waals surface area contributed by atoms with Gasteiger partial charge < -0.3 is 10.1 Å². The monoisotopic (exact) mass is 274 g/mol. The lowest BCUT2D eigenvalue weighted by Crippen LogP contribution is -2.42. The first-order valence-electron chi connectivity index (χ1n) is 8.00. The third-order valence-corrected chi connectivity index (χ3v) is 4.37. The van der Waals surface area contributed by atoms with Crippen molar-refractivity contribution in [3.63, 3.8) is 0 Å². The molecule has 20 heavy (non-hydrogen) atoms. The van der Waals surface area contributed by atoms with Crippen LogP contribution in [0.15, 0.2) is 24.3 Å². The zero-order chi connectivity index (χ0) is 13.8. The average molecular weight is 274 g/mol. The molecule has 0 radical (unpaired) electrons. The summed E-state index contributed by atoms with van der Waals surface area (Å²) in [5.74, 6) is 0. The van der Waals surface area contributed by atoms with Crippen LogP contribution in [0.5, 0.6) is 0 Å². The summed E-state index contributed by atoms with van der Waals surface area (Å²) in [6.45, 7) is 7.57. The van der Waals surface area contributed by atoms with Crippen LogP contribution in [0.4, 0.5) is 0 Å². The summed E-state index contributed by atoms with van der Waals surface area (Å²) in [5, 5.41) is 3.52. The van der Waals surface area contributed by atoms with Crippen LogP contribution in [-0.2, 0) is 17.8 Å². The average Bonchev–Trinajstić information content (AvgIpc) is 2.80. The van der Waals surface area contributed by atoms with E-state index in [0.29, 0.717) is 12.2 Å². The minimum absolute atomic E-state index is 0.485. The molecule has 0 aromatic heterocycles. The molecule has 2 saturated heterocycles. The van der Waals surface area contributed by atoms with Crippen LogP contribution in [0, 0.1) is 0 Å². The molecule has 1 N–H and O–H groups in total. The fourth-order valence-electron chi connectivity index (χ4n) is 3.35. The van der Waals surface area contributed by atoms with E-state index in [1.165, 1.54) is 30.4 Å². The number of rotatable bonds is 6. The van der Waals surface area contributed by atoms with Gasteiger partial charge in [-0.25, -0.2) is 0 Å². The standard InChI is InChI=1S/C17H26N2O/c1-2-9-18-10-14-5-3-4-6-15(14)11-19-12-16-7-8-17(13-19)20-16/h3-6,16-18H,2,7-13H2,1H3. The largest absolute Gasteiger partial charge is 0.372 e. The lowest BCUT2D eigenvalue weighted by atomic mass is 10.1. The van der Waals surface area contributed by atoms with Crippen molar-refractivity contribution in [1.82, 2.24) is 10.2 Å². The van der Waals surface area contributed by atoms with Crippen molar-refractivity contribution >= 4 is 0 Å². The number of hydrogen-bond acceptors (Lipinski definition) is 3. The zero-order valence-corrected chi connectivity index (χ0v) is 12.5. The number of benzene rings is 1. The minimum Gasteiger partial charge on any atom is -0.372 e. The van der Waals surface area contributed by atoms with Crippen molar-refractivity contribution < 1.29 is 4.74 Å². The van der Waals surface area contributed by atoms with Crippen molar-refractivity contribution in [2.75, 3.05) is 19.6 Å². The maximum absolute atomic E-state index is 5.92. The molecule has 2 heterocycles. The molecule has 3 nitrogen and oxygen atoms in total. The summed E-state index contributed by atoms with van der Waals surface area (Å²) in [5.41, 5.74) is 2.91. The Labute approximate surface area is 122 Å². The van der Waals surface area contributed by atoms with E-state index in [4.69, 9.17) is 4.74 Å². The molecule has 2 atom stereocenters. The first kappa shape index (κ1) is 14.1. The Balaban J connectivity index is 1.61. The van der Waals surface area contributed by atoms with Gasteiger partial charge in [-0.05, 0) is 36.9 Å². The van der Waals surface area contributed by atoms with Crippen LogP contribution < -0.4 is 5.32 Å². The van der Waals surface area contributed by atoms with Gasteiger partial charge in [0.2, 0.25) is 0 Å². The summed E-state index contributed by atoms with van der Waals surface area (Å²) in [4.78, 5) is 2.57. The van der Waals surface area contributed by atoms with Gasteiger partial charge in [-0.3, -0.25) is 4.90 Å². The Morgan fingerprint density at radius 2 is 1.85 bits per heavy atom. The number of nitrogens with one attached hydrogen (secondary N) is 1. The Morgan fingerprint density at radius 1 is 1.15 bits per heavy atom. The summed E-state index contributed by atoms with van der Waals surface area (Å²) in [6.07, 6.45) is 4.66. The van der Waals surface area contributed by atoms with Crippen LogP contribution in [0.25, 0.3) is 0 Å². The van der Waals surface area contributed by atoms with Crippen LogP contribution >= 0.6 is 0 Å². The van der Waals surface area contributed by atoms with E-state index in [1.807, 2.05) is 0 Å². The van der Waals surface area contributed by atoms with Crippen molar-refractivity contribution in [3.8, 4) is 0 Å². The molecule has 3 rings (SSSR count). The second kappa shape index (κ2) is 6.70. The second-order valence-electron chi connectivity index (χ2n) is 6.10. The molecule has 3 heteroatoms. The predicted molar refractivity (Wildman–Crippen MR) is 81.6 cm³/mol. The SMILES string of the molecule is CCCNCc1ccccc1CN1CC2CCC(C1)O2.